The fraction of sp³-hybridized carbons (Fsp3) is 0.881. The van der Waals surface area contributed by atoms with Gasteiger partial charge < -0.3 is 21.1 Å². The first kappa shape index (κ1) is 50.0. The van der Waals surface area contributed by atoms with Crippen molar-refractivity contribution in [3.05, 3.63) is 24.3 Å². The molecule has 0 aromatic heterocycles. The van der Waals surface area contributed by atoms with Gasteiger partial charge in [0.05, 0.1) is 25.4 Å². The van der Waals surface area contributed by atoms with Gasteiger partial charge in [0, 0.05) is 13.0 Å². The number of unbranched alkanes of at least 4 members (excludes halogenated alkanes) is 26. The lowest BCUT2D eigenvalue weighted by molar-refractivity contribution is -0.123. The molecule has 0 spiro atoms. The van der Waals surface area contributed by atoms with Crippen LogP contribution in [0.5, 0.6) is 0 Å². The van der Waals surface area contributed by atoms with Gasteiger partial charge in [-0.25, -0.2) is 4.57 Å². The molecule has 0 aliphatic rings. The average molecular weight is 743 g/mol. The number of phosphoric ester groups is 1. The van der Waals surface area contributed by atoms with E-state index in [-0.39, 0.29) is 25.7 Å². The van der Waals surface area contributed by atoms with Gasteiger partial charge in [0.2, 0.25) is 5.91 Å². The van der Waals surface area contributed by atoms with E-state index < -0.39 is 20.0 Å². The zero-order valence-electron chi connectivity index (χ0n) is 33.4. The van der Waals surface area contributed by atoms with Crippen LogP contribution in [0.3, 0.4) is 0 Å². The maximum absolute atomic E-state index is 12.7. The van der Waals surface area contributed by atoms with Gasteiger partial charge >= 0.3 is 7.82 Å². The second-order valence-electron chi connectivity index (χ2n) is 14.6. The van der Waals surface area contributed by atoms with Gasteiger partial charge in [0.15, 0.2) is 0 Å². The number of carbonyl (C=O) groups excluding carboxylic acids is 1. The number of rotatable bonds is 40. The summed E-state index contributed by atoms with van der Waals surface area (Å²) in [5, 5.41) is 13.6. The Morgan fingerprint density at radius 3 is 1.45 bits per heavy atom. The summed E-state index contributed by atoms with van der Waals surface area (Å²) in [4.78, 5) is 22.6. The summed E-state index contributed by atoms with van der Waals surface area (Å²) in [6.07, 6.45) is 43.8. The number of nitrogens with two attached hydrogens (primary N) is 1. The van der Waals surface area contributed by atoms with Crippen LogP contribution in [0.2, 0.25) is 0 Å². The Hall–Kier alpha value is -1.02. The van der Waals surface area contributed by atoms with Crippen LogP contribution >= 0.6 is 7.82 Å². The molecule has 3 unspecified atom stereocenters. The third-order valence-corrected chi connectivity index (χ3v) is 10.5. The summed E-state index contributed by atoms with van der Waals surface area (Å²) in [5.74, 6) is -0.197. The Bertz CT molecular complexity index is 855. The van der Waals surface area contributed by atoms with E-state index in [1.165, 1.54) is 148 Å². The summed E-state index contributed by atoms with van der Waals surface area (Å²) in [6, 6.07) is -0.856. The minimum absolute atomic E-state index is 0.0791. The van der Waals surface area contributed by atoms with Gasteiger partial charge in [-0.05, 0) is 44.9 Å². The normalized spacial score (nSPS) is 14.4. The number of hydrogen-bond acceptors (Lipinski definition) is 6. The van der Waals surface area contributed by atoms with Crippen LogP contribution in [0, 0.1) is 0 Å². The first-order valence-corrected chi connectivity index (χ1v) is 23.0. The van der Waals surface area contributed by atoms with Gasteiger partial charge in [-0.3, -0.25) is 13.8 Å². The van der Waals surface area contributed by atoms with Crippen LogP contribution in [0.25, 0.3) is 0 Å². The Balaban J connectivity index is 4.03. The Morgan fingerprint density at radius 2 is 1.02 bits per heavy atom. The number of hydrogen-bond donors (Lipinski definition) is 4. The van der Waals surface area contributed by atoms with Crippen LogP contribution < -0.4 is 11.1 Å². The molecular formula is C42H83N2O6P. The number of phosphoric acid groups is 1. The van der Waals surface area contributed by atoms with Gasteiger partial charge in [0.1, 0.15) is 0 Å². The lowest BCUT2D eigenvalue weighted by Gasteiger charge is -2.23. The van der Waals surface area contributed by atoms with Crippen molar-refractivity contribution in [1.82, 2.24) is 5.32 Å². The molecule has 0 bridgehead atoms. The maximum Gasteiger partial charge on any atom is 0.472 e. The molecule has 1 amide bonds. The highest BCUT2D eigenvalue weighted by Crippen LogP contribution is 2.43. The van der Waals surface area contributed by atoms with Crippen molar-refractivity contribution in [2.75, 3.05) is 19.8 Å². The number of allylic oxidation sites excluding steroid dienone is 3. The van der Waals surface area contributed by atoms with E-state index in [9.17, 15) is 19.4 Å². The smallest absolute Gasteiger partial charge is 0.387 e. The van der Waals surface area contributed by atoms with Crippen LogP contribution in [0.15, 0.2) is 24.3 Å². The van der Waals surface area contributed by atoms with E-state index in [2.05, 4.69) is 31.3 Å². The van der Waals surface area contributed by atoms with E-state index in [0.717, 1.165) is 38.5 Å². The van der Waals surface area contributed by atoms with E-state index in [4.69, 9.17) is 14.8 Å². The molecule has 0 rings (SSSR count). The molecule has 0 fully saturated rings. The summed E-state index contributed by atoms with van der Waals surface area (Å²) in [5.41, 5.74) is 5.36. The van der Waals surface area contributed by atoms with Crippen LogP contribution in [-0.4, -0.2) is 47.8 Å². The van der Waals surface area contributed by atoms with Crippen LogP contribution in [0.1, 0.15) is 206 Å². The van der Waals surface area contributed by atoms with Gasteiger partial charge in [-0.2, -0.15) is 0 Å². The number of aliphatic hydroxyl groups is 1. The van der Waals surface area contributed by atoms with Crippen molar-refractivity contribution in [3.63, 3.8) is 0 Å². The zero-order chi connectivity index (χ0) is 37.5. The highest BCUT2D eigenvalue weighted by Gasteiger charge is 2.26. The molecular weight excluding hydrogens is 659 g/mol. The predicted octanol–water partition coefficient (Wildman–Crippen LogP) is 11.8. The SMILES string of the molecule is CCCCCCCCC/C=C/C(O)C(COP(=O)(O)OCCN)NC(=O)CCCCCCCCCCCCC/C=C\CCCCCCCCCC. The lowest BCUT2D eigenvalue weighted by Crippen LogP contribution is -2.45. The minimum Gasteiger partial charge on any atom is -0.387 e. The molecule has 0 saturated carbocycles. The van der Waals surface area contributed by atoms with E-state index in [1.54, 1.807) is 6.08 Å². The maximum atomic E-state index is 12.7. The standard InChI is InChI=1S/C42H83N2O6P/c1-3-5-7-9-11-13-14-15-16-17-18-19-20-21-22-23-24-25-26-28-30-32-34-36-42(46)44-40(39-50-51(47,48)49-38-37-43)41(45)35-33-31-29-27-12-10-8-6-4-2/h17-18,33,35,40-41,45H,3-16,19-32,34,36-39,43H2,1-2H3,(H,44,46)(H,47,48)/b18-17-,35-33+. The van der Waals surface area contributed by atoms with Crippen molar-refractivity contribution in [2.24, 2.45) is 5.73 Å². The summed E-state index contributed by atoms with van der Waals surface area (Å²) in [6.45, 7) is 4.11. The minimum atomic E-state index is -4.33. The average Bonchev–Trinajstić information content (AvgIpc) is 3.12. The third-order valence-electron chi connectivity index (χ3n) is 9.52. The number of aliphatic hydroxyl groups excluding tert-OH is 1. The van der Waals surface area contributed by atoms with Crippen molar-refractivity contribution in [2.45, 2.75) is 219 Å². The molecule has 0 heterocycles. The summed E-state index contributed by atoms with van der Waals surface area (Å²) < 4.78 is 22.0. The van der Waals surface area contributed by atoms with Crippen LogP contribution in [-0.2, 0) is 18.4 Å². The summed E-state index contributed by atoms with van der Waals surface area (Å²) >= 11 is 0. The molecule has 5 N–H and O–H groups in total. The van der Waals surface area contributed by atoms with E-state index in [1.807, 2.05) is 6.08 Å². The lowest BCUT2D eigenvalue weighted by atomic mass is 10.0. The molecule has 0 radical (unpaired) electrons. The second kappa shape index (κ2) is 38.7. The van der Waals surface area contributed by atoms with E-state index >= 15 is 0 Å². The number of carbonyl (C=O) groups is 1. The molecule has 0 aromatic rings. The molecule has 51 heavy (non-hydrogen) atoms. The number of amides is 1. The number of nitrogens with one attached hydrogen (secondary N) is 1. The fourth-order valence-electron chi connectivity index (χ4n) is 6.24. The Kier molecular flexibility index (Phi) is 37.9. The quantitative estimate of drug-likeness (QED) is 0.0279. The molecule has 0 aliphatic carbocycles. The largest absolute Gasteiger partial charge is 0.472 e. The Labute approximate surface area is 315 Å². The zero-order valence-corrected chi connectivity index (χ0v) is 34.2. The summed E-state index contributed by atoms with van der Waals surface area (Å²) in [7, 11) is -4.33. The highest BCUT2D eigenvalue weighted by molar-refractivity contribution is 7.47. The molecule has 8 nitrogen and oxygen atoms in total. The van der Waals surface area contributed by atoms with Crippen molar-refractivity contribution < 1.29 is 28.4 Å². The monoisotopic (exact) mass is 743 g/mol. The molecule has 302 valence electrons. The molecule has 9 heteroatoms. The first-order chi connectivity index (χ1) is 24.9. The fourth-order valence-corrected chi connectivity index (χ4v) is 7.00. The topological polar surface area (TPSA) is 131 Å². The molecule has 0 aliphatic heterocycles. The first-order valence-electron chi connectivity index (χ1n) is 21.5. The van der Waals surface area contributed by atoms with Gasteiger partial charge in [-0.15, -0.1) is 0 Å². The van der Waals surface area contributed by atoms with Crippen molar-refractivity contribution >= 4 is 13.7 Å². The van der Waals surface area contributed by atoms with Crippen LogP contribution in [0.4, 0.5) is 0 Å². The molecule has 0 saturated heterocycles. The van der Waals surface area contributed by atoms with E-state index in [0.29, 0.717) is 6.42 Å². The second-order valence-corrected chi connectivity index (χ2v) is 16.0. The molecule has 3 atom stereocenters. The van der Waals surface area contributed by atoms with Crippen molar-refractivity contribution in [1.29, 1.82) is 0 Å². The predicted molar refractivity (Wildman–Crippen MR) is 217 cm³/mol. The van der Waals surface area contributed by atoms with Gasteiger partial charge in [0.25, 0.3) is 0 Å². The van der Waals surface area contributed by atoms with Gasteiger partial charge in [-0.1, -0.05) is 179 Å². The third kappa shape index (κ3) is 37.1. The molecule has 0 aromatic carbocycles. The van der Waals surface area contributed by atoms with Crippen molar-refractivity contribution in [3.8, 4) is 0 Å². The highest BCUT2D eigenvalue weighted by atomic mass is 31.2. The Morgan fingerprint density at radius 1 is 0.627 bits per heavy atom.